The van der Waals surface area contributed by atoms with E-state index in [9.17, 15) is 9.59 Å². The van der Waals surface area contributed by atoms with Crippen molar-refractivity contribution < 1.29 is 9.59 Å². The predicted octanol–water partition coefficient (Wildman–Crippen LogP) is 5.42. The number of Topliss-reactive ketones (excluding diaryl/α,β-unsaturated/α-hetero) is 2. The van der Waals surface area contributed by atoms with Crippen LogP contribution in [-0.4, -0.2) is 11.6 Å². The molecule has 0 radical (unpaired) electrons. The third kappa shape index (κ3) is 7.22. The molecule has 0 N–H and O–H groups in total. The molecule has 2 rings (SSSR count). The highest BCUT2D eigenvalue weighted by Gasteiger charge is 2.35. The molecule has 2 unspecified atom stereocenters. The van der Waals surface area contributed by atoms with Gasteiger partial charge in [-0.1, -0.05) is 78.8 Å². The van der Waals surface area contributed by atoms with Crippen LogP contribution in [0, 0.1) is 5.92 Å². The van der Waals surface area contributed by atoms with Crippen LogP contribution < -0.4 is 0 Å². The van der Waals surface area contributed by atoms with Gasteiger partial charge in [0.05, 0.1) is 6.42 Å². The summed E-state index contributed by atoms with van der Waals surface area (Å²) in [5.41, 5.74) is 1.14. The maximum Gasteiger partial charge on any atom is 0.144 e. The van der Waals surface area contributed by atoms with Crippen molar-refractivity contribution in [2.45, 2.75) is 67.2 Å². The lowest BCUT2D eigenvalue weighted by molar-refractivity contribution is -0.122. The highest BCUT2D eigenvalue weighted by atomic mass is 16.2. The molecular weight excluding hydrogens is 260 g/mol. The summed E-state index contributed by atoms with van der Waals surface area (Å²) in [6.07, 6.45) is 0.566. The maximum absolute atomic E-state index is 11.6. The molecule has 0 heterocycles. The van der Waals surface area contributed by atoms with E-state index in [0.29, 0.717) is 6.42 Å². The minimum Gasteiger partial charge on any atom is -0.299 e. The monoisotopic (exact) mass is 292 g/mol. The topological polar surface area (TPSA) is 34.1 Å². The lowest BCUT2D eigenvalue weighted by atomic mass is 9.86. The van der Waals surface area contributed by atoms with E-state index in [1.165, 1.54) is 0 Å². The van der Waals surface area contributed by atoms with E-state index in [-0.39, 0.29) is 29.8 Å². The number of carbonyl (C=O) groups is 2. The Hall–Kier alpha value is -1.44. The van der Waals surface area contributed by atoms with Crippen LogP contribution in [0.2, 0.25) is 0 Å². The van der Waals surface area contributed by atoms with E-state index >= 15 is 0 Å². The quantitative estimate of drug-likeness (QED) is 0.682. The highest BCUT2D eigenvalue weighted by Crippen LogP contribution is 2.32. The molecule has 0 aliphatic heterocycles. The van der Waals surface area contributed by atoms with Crippen LogP contribution in [0.25, 0.3) is 0 Å². The Bertz CT molecular complexity index is 382. The second-order valence-corrected chi connectivity index (χ2v) is 4.19. The zero-order valence-electron chi connectivity index (χ0n) is 14.8. The van der Waals surface area contributed by atoms with Crippen LogP contribution in [0.15, 0.2) is 30.3 Å². The summed E-state index contributed by atoms with van der Waals surface area (Å²) >= 11 is 0. The summed E-state index contributed by atoms with van der Waals surface area (Å²) in [6.45, 7) is 14.0. The lowest BCUT2D eigenvalue weighted by Gasteiger charge is -2.17. The first-order valence-electron chi connectivity index (χ1n) is 8.28. The van der Waals surface area contributed by atoms with Crippen LogP contribution in [0.3, 0.4) is 0 Å². The zero-order chi connectivity index (χ0) is 16.8. The number of carbonyl (C=O) groups excluding carboxylic acids is 2. The van der Waals surface area contributed by atoms with E-state index in [2.05, 4.69) is 0 Å². The van der Waals surface area contributed by atoms with Crippen LogP contribution >= 0.6 is 0 Å². The van der Waals surface area contributed by atoms with E-state index in [4.69, 9.17) is 0 Å². The summed E-state index contributed by atoms with van der Waals surface area (Å²) in [5.74, 6) is 0.259. The van der Waals surface area contributed by atoms with Gasteiger partial charge in [-0.05, 0) is 11.5 Å². The average Bonchev–Trinajstić information content (AvgIpc) is 2.92. The largest absolute Gasteiger partial charge is 0.299 e. The fourth-order valence-corrected chi connectivity index (χ4v) is 2.20. The summed E-state index contributed by atoms with van der Waals surface area (Å²) in [6, 6.07) is 9.92. The minimum atomic E-state index is -0.0973. The molecule has 0 bridgehead atoms. The Morgan fingerprint density at radius 1 is 0.905 bits per heavy atom. The van der Waals surface area contributed by atoms with Gasteiger partial charge in [0.1, 0.15) is 11.6 Å². The number of rotatable bonds is 2. The Morgan fingerprint density at radius 2 is 1.38 bits per heavy atom. The molecule has 1 fully saturated rings. The van der Waals surface area contributed by atoms with Crippen LogP contribution in [0.5, 0.6) is 0 Å². The molecule has 1 saturated carbocycles. The number of ketones is 2. The summed E-state index contributed by atoms with van der Waals surface area (Å²) < 4.78 is 0. The number of hydrogen-bond acceptors (Lipinski definition) is 2. The van der Waals surface area contributed by atoms with Crippen molar-refractivity contribution in [1.29, 1.82) is 0 Å². The first-order valence-corrected chi connectivity index (χ1v) is 8.28. The summed E-state index contributed by atoms with van der Waals surface area (Å²) in [7, 11) is 0. The van der Waals surface area contributed by atoms with Crippen molar-refractivity contribution in [3.05, 3.63) is 35.9 Å². The molecule has 0 amide bonds. The van der Waals surface area contributed by atoms with Gasteiger partial charge in [-0.25, -0.2) is 0 Å². The fourth-order valence-electron chi connectivity index (χ4n) is 2.20. The molecule has 2 nitrogen and oxygen atoms in total. The van der Waals surface area contributed by atoms with E-state index in [1.54, 1.807) is 0 Å². The fraction of sp³-hybridized carbons (Fsp3) is 0.579. The Balaban J connectivity index is 0. The standard InChI is InChI=1S/C13H14O2.3C2H6/c1-9(10-5-3-2-4-6-10)12-7-11(14)8-13(12)15;3*1-2/h2-6,9,12H,7-8H2,1H3;3*1-2H3. The van der Waals surface area contributed by atoms with Crippen LogP contribution in [0.4, 0.5) is 0 Å². The van der Waals surface area contributed by atoms with Crippen molar-refractivity contribution in [3.63, 3.8) is 0 Å². The van der Waals surface area contributed by atoms with Crippen LogP contribution in [0.1, 0.15) is 72.8 Å². The van der Waals surface area contributed by atoms with Gasteiger partial charge in [0.15, 0.2) is 0 Å². The molecule has 0 spiro atoms. The van der Waals surface area contributed by atoms with Crippen molar-refractivity contribution in [2.24, 2.45) is 5.92 Å². The van der Waals surface area contributed by atoms with E-state index < -0.39 is 0 Å². The molecule has 120 valence electrons. The van der Waals surface area contributed by atoms with Gasteiger partial charge in [-0.3, -0.25) is 9.59 Å². The van der Waals surface area contributed by atoms with E-state index in [0.717, 1.165) is 5.56 Å². The molecule has 0 saturated heterocycles. The molecule has 2 heteroatoms. The second-order valence-electron chi connectivity index (χ2n) is 4.19. The molecule has 1 aliphatic carbocycles. The molecule has 2 atom stereocenters. The Labute approximate surface area is 131 Å². The smallest absolute Gasteiger partial charge is 0.144 e. The second kappa shape index (κ2) is 13.5. The SMILES string of the molecule is CC.CC.CC.CC(c1ccccc1)C1CC(=O)CC1=O. The van der Waals surface area contributed by atoms with Crippen molar-refractivity contribution >= 4 is 11.6 Å². The zero-order valence-corrected chi connectivity index (χ0v) is 14.8. The predicted molar refractivity (Wildman–Crippen MR) is 91.6 cm³/mol. The summed E-state index contributed by atoms with van der Waals surface area (Å²) in [5, 5.41) is 0. The first kappa shape index (κ1) is 21.9. The van der Waals surface area contributed by atoms with Crippen molar-refractivity contribution in [2.75, 3.05) is 0 Å². The molecule has 0 aromatic heterocycles. The molecule has 1 aromatic rings. The Morgan fingerprint density at radius 3 is 1.76 bits per heavy atom. The van der Waals surface area contributed by atoms with Gasteiger partial charge < -0.3 is 0 Å². The van der Waals surface area contributed by atoms with Gasteiger partial charge in [-0.2, -0.15) is 0 Å². The number of hydrogen-bond donors (Lipinski definition) is 0. The van der Waals surface area contributed by atoms with Gasteiger partial charge in [-0.15, -0.1) is 0 Å². The van der Waals surface area contributed by atoms with Gasteiger partial charge in [0.2, 0.25) is 0 Å². The third-order valence-corrected chi connectivity index (χ3v) is 3.16. The molecular formula is C19H32O2. The first-order chi connectivity index (χ1) is 10.2. The van der Waals surface area contributed by atoms with Crippen LogP contribution in [-0.2, 0) is 9.59 Å². The van der Waals surface area contributed by atoms with Gasteiger partial charge in [0.25, 0.3) is 0 Å². The van der Waals surface area contributed by atoms with Gasteiger partial charge in [0, 0.05) is 12.3 Å². The maximum atomic E-state index is 11.6. The van der Waals surface area contributed by atoms with Crippen molar-refractivity contribution in [1.82, 2.24) is 0 Å². The van der Waals surface area contributed by atoms with Gasteiger partial charge >= 0.3 is 0 Å². The molecule has 21 heavy (non-hydrogen) atoms. The van der Waals surface area contributed by atoms with E-state index in [1.807, 2.05) is 78.8 Å². The molecule has 1 aliphatic rings. The minimum absolute atomic E-state index is 0.0905. The normalized spacial score (nSPS) is 17.4. The lowest BCUT2D eigenvalue weighted by Crippen LogP contribution is -2.14. The summed E-state index contributed by atoms with van der Waals surface area (Å²) in [4.78, 5) is 22.8. The number of benzene rings is 1. The third-order valence-electron chi connectivity index (χ3n) is 3.16. The Kier molecular flexibility index (Phi) is 14.1. The average molecular weight is 292 g/mol. The molecule has 1 aromatic carbocycles. The highest BCUT2D eigenvalue weighted by molar-refractivity contribution is 6.07. The van der Waals surface area contributed by atoms with Crippen molar-refractivity contribution in [3.8, 4) is 0 Å².